The first-order chi connectivity index (χ1) is 12.1. The van der Waals surface area contributed by atoms with E-state index in [0.717, 1.165) is 36.9 Å². The Labute approximate surface area is 148 Å². The number of benzene rings is 1. The van der Waals surface area contributed by atoms with Gasteiger partial charge < -0.3 is 15.4 Å². The van der Waals surface area contributed by atoms with Crippen LogP contribution in [-0.4, -0.2) is 24.4 Å². The number of carbonyl (C=O) groups excluding carboxylic acids is 3. The van der Waals surface area contributed by atoms with E-state index in [1.807, 2.05) is 24.3 Å². The van der Waals surface area contributed by atoms with Gasteiger partial charge in [0.05, 0.1) is 13.0 Å². The lowest BCUT2D eigenvalue weighted by molar-refractivity contribution is -0.144. The Balaban J connectivity index is 1.77. The third kappa shape index (κ3) is 6.57. The zero-order valence-electron chi connectivity index (χ0n) is 14.7. The summed E-state index contributed by atoms with van der Waals surface area (Å²) in [6.07, 6.45) is 4.35. The highest BCUT2D eigenvalue weighted by Crippen LogP contribution is 2.26. The second-order valence-corrected chi connectivity index (χ2v) is 6.25. The molecule has 0 bridgehead atoms. The number of ether oxygens (including phenoxy) is 1. The Hall–Kier alpha value is -2.37. The molecule has 0 unspecified atom stereocenters. The average Bonchev–Trinajstić information content (AvgIpc) is 3.13. The minimum Gasteiger partial charge on any atom is -0.466 e. The van der Waals surface area contributed by atoms with Crippen molar-refractivity contribution in [2.24, 2.45) is 5.92 Å². The molecule has 25 heavy (non-hydrogen) atoms. The van der Waals surface area contributed by atoms with Gasteiger partial charge in [0.1, 0.15) is 0 Å². The van der Waals surface area contributed by atoms with E-state index in [2.05, 4.69) is 10.6 Å². The van der Waals surface area contributed by atoms with Gasteiger partial charge in [-0.2, -0.15) is 0 Å². The molecule has 0 saturated heterocycles. The normalized spacial score (nSPS) is 14.1. The third-order valence-electron chi connectivity index (χ3n) is 4.27. The molecule has 1 fully saturated rings. The van der Waals surface area contributed by atoms with E-state index in [1.54, 1.807) is 6.92 Å². The lowest BCUT2D eigenvalue weighted by Gasteiger charge is -2.12. The molecule has 1 aliphatic rings. The monoisotopic (exact) mass is 346 g/mol. The van der Waals surface area contributed by atoms with Gasteiger partial charge in [-0.1, -0.05) is 25.0 Å². The van der Waals surface area contributed by atoms with Crippen LogP contribution in [0.25, 0.3) is 0 Å². The largest absolute Gasteiger partial charge is 0.466 e. The van der Waals surface area contributed by atoms with Crippen molar-refractivity contribution in [3.8, 4) is 0 Å². The Morgan fingerprint density at radius 1 is 1.16 bits per heavy atom. The number of amides is 2. The summed E-state index contributed by atoms with van der Waals surface area (Å²) in [6, 6.07) is 7.44. The summed E-state index contributed by atoms with van der Waals surface area (Å²) in [5.41, 5.74) is 1.64. The van der Waals surface area contributed by atoms with Crippen LogP contribution in [0.2, 0.25) is 0 Å². The Kier molecular flexibility index (Phi) is 7.44. The van der Waals surface area contributed by atoms with Crippen LogP contribution in [0, 0.1) is 5.92 Å². The molecule has 0 aromatic heterocycles. The van der Waals surface area contributed by atoms with Gasteiger partial charge in [-0.05, 0) is 37.5 Å². The van der Waals surface area contributed by atoms with Crippen molar-refractivity contribution in [1.29, 1.82) is 0 Å². The van der Waals surface area contributed by atoms with E-state index in [0.29, 0.717) is 13.2 Å². The zero-order chi connectivity index (χ0) is 18.1. The van der Waals surface area contributed by atoms with Crippen LogP contribution in [-0.2, 0) is 25.7 Å². The van der Waals surface area contributed by atoms with Crippen molar-refractivity contribution in [2.75, 3.05) is 11.9 Å². The molecule has 0 atom stereocenters. The van der Waals surface area contributed by atoms with Gasteiger partial charge in [-0.15, -0.1) is 0 Å². The molecule has 1 aromatic rings. The zero-order valence-corrected chi connectivity index (χ0v) is 14.7. The first-order valence-electron chi connectivity index (χ1n) is 8.90. The molecule has 2 rings (SSSR count). The van der Waals surface area contributed by atoms with E-state index in [-0.39, 0.29) is 36.5 Å². The SMILES string of the molecule is CCOC(=O)CCC(=O)NCc1cccc(NC(=O)C2CCCC2)c1. The molecule has 2 N–H and O–H groups in total. The van der Waals surface area contributed by atoms with Gasteiger partial charge in [0.15, 0.2) is 0 Å². The number of hydrogen-bond acceptors (Lipinski definition) is 4. The third-order valence-corrected chi connectivity index (χ3v) is 4.27. The number of esters is 1. The van der Waals surface area contributed by atoms with E-state index in [4.69, 9.17) is 4.74 Å². The fraction of sp³-hybridized carbons (Fsp3) is 0.526. The van der Waals surface area contributed by atoms with Crippen molar-refractivity contribution in [1.82, 2.24) is 5.32 Å². The van der Waals surface area contributed by atoms with Gasteiger partial charge in [-0.25, -0.2) is 0 Å². The summed E-state index contributed by atoms with van der Waals surface area (Å²) in [4.78, 5) is 35.2. The maximum absolute atomic E-state index is 12.2. The second kappa shape index (κ2) is 9.81. The fourth-order valence-electron chi connectivity index (χ4n) is 2.93. The summed E-state index contributed by atoms with van der Waals surface area (Å²) >= 11 is 0. The molecule has 6 heteroatoms. The van der Waals surface area contributed by atoms with Crippen molar-refractivity contribution >= 4 is 23.5 Å². The highest BCUT2D eigenvalue weighted by molar-refractivity contribution is 5.92. The van der Waals surface area contributed by atoms with E-state index in [9.17, 15) is 14.4 Å². The number of rotatable bonds is 8. The molecule has 0 heterocycles. The van der Waals surface area contributed by atoms with Gasteiger partial charge >= 0.3 is 5.97 Å². The number of anilines is 1. The van der Waals surface area contributed by atoms with Crippen molar-refractivity contribution < 1.29 is 19.1 Å². The van der Waals surface area contributed by atoms with E-state index in [1.165, 1.54) is 0 Å². The lowest BCUT2D eigenvalue weighted by Crippen LogP contribution is -2.24. The van der Waals surface area contributed by atoms with Crippen LogP contribution in [0.3, 0.4) is 0 Å². The molecular weight excluding hydrogens is 320 g/mol. The molecule has 136 valence electrons. The fourth-order valence-corrected chi connectivity index (χ4v) is 2.93. The minimum atomic E-state index is -0.366. The summed E-state index contributed by atoms with van der Waals surface area (Å²) in [5.74, 6) is -0.373. The van der Waals surface area contributed by atoms with Gasteiger partial charge in [0.25, 0.3) is 0 Å². The summed E-state index contributed by atoms with van der Waals surface area (Å²) in [7, 11) is 0. The topological polar surface area (TPSA) is 84.5 Å². The first kappa shape index (κ1) is 19.0. The van der Waals surface area contributed by atoms with Crippen molar-refractivity contribution in [3.63, 3.8) is 0 Å². The molecule has 1 aromatic carbocycles. The molecule has 0 spiro atoms. The lowest BCUT2D eigenvalue weighted by atomic mass is 10.1. The Morgan fingerprint density at radius 2 is 1.92 bits per heavy atom. The van der Waals surface area contributed by atoms with E-state index >= 15 is 0 Å². The Bertz CT molecular complexity index is 609. The standard InChI is InChI=1S/C19H26N2O4/c1-2-25-18(23)11-10-17(22)20-13-14-6-5-9-16(12-14)21-19(24)15-7-3-4-8-15/h5-6,9,12,15H,2-4,7-8,10-11,13H2,1H3,(H,20,22)(H,21,24). The average molecular weight is 346 g/mol. The van der Waals surface area contributed by atoms with E-state index < -0.39 is 0 Å². The maximum Gasteiger partial charge on any atom is 0.306 e. The molecule has 6 nitrogen and oxygen atoms in total. The summed E-state index contributed by atoms with van der Waals surface area (Å²) < 4.78 is 4.79. The van der Waals surface area contributed by atoms with Gasteiger partial charge in [0, 0.05) is 24.6 Å². The van der Waals surface area contributed by atoms with Crippen LogP contribution < -0.4 is 10.6 Å². The number of carbonyl (C=O) groups is 3. The quantitative estimate of drug-likeness (QED) is 0.709. The molecule has 2 amide bonds. The minimum absolute atomic E-state index is 0.0770. The van der Waals surface area contributed by atoms with Crippen LogP contribution in [0.5, 0.6) is 0 Å². The van der Waals surface area contributed by atoms with Crippen molar-refractivity contribution in [2.45, 2.75) is 52.0 Å². The Morgan fingerprint density at radius 3 is 2.64 bits per heavy atom. The maximum atomic E-state index is 12.2. The molecule has 1 aliphatic carbocycles. The highest BCUT2D eigenvalue weighted by atomic mass is 16.5. The smallest absolute Gasteiger partial charge is 0.306 e. The van der Waals surface area contributed by atoms with Crippen molar-refractivity contribution in [3.05, 3.63) is 29.8 Å². The molecule has 0 aliphatic heterocycles. The highest BCUT2D eigenvalue weighted by Gasteiger charge is 2.22. The number of hydrogen-bond donors (Lipinski definition) is 2. The predicted molar refractivity (Wildman–Crippen MR) is 94.7 cm³/mol. The van der Waals surface area contributed by atoms with Crippen LogP contribution in [0.4, 0.5) is 5.69 Å². The van der Waals surface area contributed by atoms with Gasteiger partial charge in [0.2, 0.25) is 11.8 Å². The first-order valence-corrected chi connectivity index (χ1v) is 8.90. The molecule has 1 saturated carbocycles. The predicted octanol–water partition coefficient (Wildman–Crippen LogP) is 2.77. The van der Waals surface area contributed by atoms with Crippen LogP contribution in [0.15, 0.2) is 24.3 Å². The van der Waals surface area contributed by atoms with Gasteiger partial charge in [-0.3, -0.25) is 14.4 Å². The van der Waals surface area contributed by atoms with Crippen LogP contribution in [0.1, 0.15) is 51.0 Å². The summed E-state index contributed by atoms with van der Waals surface area (Å²) in [6.45, 7) is 2.41. The summed E-state index contributed by atoms with van der Waals surface area (Å²) in [5, 5.41) is 5.73. The number of nitrogens with one attached hydrogen (secondary N) is 2. The molecule has 0 radical (unpaired) electrons. The second-order valence-electron chi connectivity index (χ2n) is 6.25. The van der Waals surface area contributed by atoms with Crippen LogP contribution >= 0.6 is 0 Å². The molecular formula is C19H26N2O4.